The van der Waals surface area contributed by atoms with Gasteiger partial charge in [0.1, 0.15) is 6.04 Å². The Bertz CT molecular complexity index is 611. The number of nitrogens with one attached hydrogen (secondary N) is 2. The molecule has 0 radical (unpaired) electrons. The van der Waals surface area contributed by atoms with Gasteiger partial charge in [-0.2, -0.15) is 0 Å². The zero-order chi connectivity index (χ0) is 14.5. The molecule has 0 aliphatic carbocycles. The number of carboxylic acid groups (broad SMARTS) is 1. The number of pyridine rings is 1. The van der Waals surface area contributed by atoms with Gasteiger partial charge in [0.25, 0.3) is 5.91 Å². The molecule has 0 spiro atoms. The lowest BCUT2D eigenvalue weighted by atomic mass is 10.1. The van der Waals surface area contributed by atoms with E-state index in [9.17, 15) is 9.59 Å². The van der Waals surface area contributed by atoms with E-state index in [2.05, 4.69) is 20.3 Å². The number of aliphatic carboxylic acids is 1. The van der Waals surface area contributed by atoms with Gasteiger partial charge in [-0.3, -0.25) is 4.79 Å². The van der Waals surface area contributed by atoms with E-state index in [0.29, 0.717) is 5.69 Å². The zero-order valence-electron chi connectivity index (χ0n) is 10.4. The second-order valence-corrected chi connectivity index (χ2v) is 4.09. The van der Waals surface area contributed by atoms with Gasteiger partial charge in [0, 0.05) is 24.5 Å². The Morgan fingerprint density at radius 1 is 1.50 bits per heavy atom. The third-order valence-electron chi connectivity index (χ3n) is 2.64. The zero-order valence-corrected chi connectivity index (χ0v) is 10.4. The van der Waals surface area contributed by atoms with Crippen LogP contribution in [0.15, 0.2) is 30.9 Å². The van der Waals surface area contributed by atoms with Gasteiger partial charge in [-0.1, -0.05) is 0 Å². The predicted octanol–water partition coefficient (Wildman–Crippen LogP) is -0.187. The van der Waals surface area contributed by atoms with Crippen LogP contribution in [-0.2, 0) is 11.2 Å². The first-order valence-electron chi connectivity index (χ1n) is 5.79. The SMILES string of the molecule is Nc1cccnc1C(=O)NC(Cc1cnc[nH]1)C(=O)O. The van der Waals surface area contributed by atoms with Gasteiger partial charge in [-0.25, -0.2) is 14.8 Å². The first-order chi connectivity index (χ1) is 9.58. The maximum Gasteiger partial charge on any atom is 0.326 e. The highest BCUT2D eigenvalue weighted by Gasteiger charge is 2.23. The van der Waals surface area contributed by atoms with Crippen molar-refractivity contribution in [3.05, 3.63) is 42.2 Å². The topological polar surface area (TPSA) is 134 Å². The van der Waals surface area contributed by atoms with Crippen LogP contribution in [0.1, 0.15) is 16.2 Å². The first-order valence-corrected chi connectivity index (χ1v) is 5.79. The van der Waals surface area contributed by atoms with Crippen LogP contribution in [0, 0.1) is 0 Å². The molecule has 0 aromatic carbocycles. The van der Waals surface area contributed by atoms with E-state index in [4.69, 9.17) is 10.8 Å². The number of nitrogens with two attached hydrogens (primary N) is 1. The Morgan fingerprint density at radius 3 is 2.90 bits per heavy atom. The monoisotopic (exact) mass is 275 g/mol. The van der Waals surface area contributed by atoms with E-state index < -0.39 is 17.9 Å². The summed E-state index contributed by atoms with van der Waals surface area (Å²) in [7, 11) is 0. The van der Waals surface area contributed by atoms with Crippen molar-refractivity contribution in [1.82, 2.24) is 20.3 Å². The number of hydrogen-bond acceptors (Lipinski definition) is 5. The molecule has 2 heterocycles. The molecule has 2 rings (SSSR count). The van der Waals surface area contributed by atoms with Gasteiger partial charge in [0.2, 0.25) is 0 Å². The molecule has 0 saturated heterocycles. The molecule has 0 fully saturated rings. The number of amides is 1. The molecule has 0 aliphatic heterocycles. The van der Waals surface area contributed by atoms with Crippen LogP contribution in [0.2, 0.25) is 0 Å². The number of nitrogens with zero attached hydrogens (tertiary/aromatic N) is 2. The molecule has 2 aromatic heterocycles. The van der Waals surface area contributed by atoms with Crippen LogP contribution in [0.25, 0.3) is 0 Å². The van der Waals surface area contributed by atoms with E-state index in [1.807, 2.05) is 0 Å². The average Bonchev–Trinajstić information content (AvgIpc) is 2.91. The number of H-pyrrole nitrogens is 1. The number of carbonyl (C=O) groups excluding carboxylic acids is 1. The lowest BCUT2D eigenvalue weighted by Gasteiger charge is -2.13. The molecular weight excluding hydrogens is 262 g/mol. The molecule has 8 nitrogen and oxygen atoms in total. The van der Waals surface area contributed by atoms with Crippen LogP contribution in [0.4, 0.5) is 5.69 Å². The minimum Gasteiger partial charge on any atom is -0.480 e. The number of imidazole rings is 1. The van der Waals surface area contributed by atoms with Crippen molar-refractivity contribution in [2.45, 2.75) is 12.5 Å². The fourth-order valence-corrected chi connectivity index (χ4v) is 1.65. The fourth-order valence-electron chi connectivity index (χ4n) is 1.65. The summed E-state index contributed by atoms with van der Waals surface area (Å²) in [5.41, 5.74) is 6.42. The van der Waals surface area contributed by atoms with Gasteiger partial charge < -0.3 is 21.1 Å². The number of anilines is 1. The summed E-state index contributed by atoms with van der Waals surface area (Å²) in [6.45, 7) is 0. The normalized spacial score (nSPS) is 11.8. The minimum absolute atomic E-state index is 0.00311. The molecule has 5 N–H and O–H groups in total. The van der Waals surface area contributed by atoms with E-state index in [-0.39, 0.29) is 17.8 Å². The Morgan fingerprint density at radius 2 is 2.30 bits per heavy atom. The van der Waals surface area contributed by atoms with Crippen molar-refractivity contribution in [2.24, 2.45) is 0 Å². The molecule has 2 aromatic rings. The summed E-state index contributed by atoms with van der Waals surface area (Å²) in [6.07, 6.45) is 4.44. The Hall–Kier alpha value is -2.90. The van der Waals surface area contributed by atoms with Gasteiger partial charge in [-0.15, -0.1) is 0 Å². The van der Waals surface area contributed by atoms with Crippen LogP contribution in [0.3, 0.4) is 0 Å². The Balaban J connectivity index is 2.10. The lowest BCUT2D eigenvalue weighted by Crippen LogP contribution is -2.42. The van der Waals surface area contributed by atoms with Crippen LogP contribution in [0.5, 0.6) is 0 Å². The maximum atomic E-state index is 12.0. The summed E-state index contributed by atoms with van der Waals surface area (Å²) in [5, 5.41) is 11.5. The van der Waals surface area contributed by atoms with E-state index in [0.717, 1.165) is 0 Å². The summed E-state index contributed by atoms with van der Waals surface area (Å²) < 4.78 is 0. The summed E-state index contributed by atoms with van der Waals surface area (Å²) >= 11 is 0. The second kappa shape index (κ2) is 5.83. The first kappa shape index (κ1) is 13.5. The molecule has 1 unspecified atom stereocenters. The van der Waals surface area contributed by atoms with Crippen molar-refractivity contribution in [3.63, 3.8) is 0 Å². The Kier molecular flexibility index (Phi) is 3.94. The van der Waals surface area contributed by atoms with E-state index >= 15 is 0 Å². The number of aromatic amines is 1. The molecular formula is C12H13N5O3. The van der Waals surface area contributed by atoms with Crippen LogP contribution < -0.4 is 11.1 Å². The third-order valence-corrected chi connectivity index (χ3v) is 2.64. The molecule has 1 amide bonds. The lowest BCUT2D eigenvalue weighted by molar-refractivity contribution is -0.139. The van der Waals surface area contributed by atoms with E-state index in [1.54, 1.807) is 6.07 Å². The number of hydrogen-bond donors (Lipinski definition) is 4. The second-order valence-electron chi connectivity index (χ2n) is 4.09. The van der Waals surface area contributed by atoms with Gasteiger partial charge >= 0.3 is 5.97 Å². The molecule has 8 heteroatoms. The Labute approximate surface area is 114 Å². The average molecular weight is 275 g/mol. The summed E-state index contributed by atoms with van der Waals surface area (Å²) in [4.78, 5) is 33.6. The maximum absolute atomic E-state index is 12.0. The highest BCUT2D eigenvalue weighted by molar-refractivity contribution is 5.98. The van der Waals surface area contributed by atoms with Crippen molar-refractivity contribution >= 4 is 17.6 Å². The minimum atomic E-state index is -1.15. The van der Waals surface area contributed by atoms with Gasteiger partial charge in [0.05, 0.1) is 12.0 Å². The smallest absolute Gasteiger partial charge is 0.326 e. The highest BCUT2D eigenvalue weighted by atomic mass is 16.4. The largest absolute Gasteiger partial charge is 0.480 e. The van der Waals surface area contributed by atoms with Crippen LogP contribution >= 0.6 is 0 Å². The van der Waals surface area contributed by atoms with Crippen molar-refractivity contribution in [2.75, 3.05) is 5.73 Å². The van der Waals surface area contributed by atoms with Crippen molar-refractivity contribution < 1.29 is 14.7 Å². The molecule has 0 saturated carbocycles. The quantitative estimate of drug-likeness (QED) is 0.597. The summed E-state index contributed by atoms with van der Waals surface area (Å²) in [6, 6.07) is 2.02. The number of nitrogen functional groups attached to an aromatic ring is 1. The standard InChI is InChI=1S/C12H13N5O3/c13-8-2-1-3-15-10(8)11(18)17-9(12(19)20)4-7-5-14-6-16-7/h1-3,5-6,9H,4,13H2,(H,14,16)(H,17,18)(H,19,20). The van der Waals surface area contributed by atoms with Gasteiger partial charge in [-0.05, 0) is 12.1 Å². The molecule has 0 bridgehead atoms. The molecule has 0 aliphatic rings. The van der Waals surface area contributed by atoms with Crippen LogP contribution in [-0.4, -0.2) is 38.0 Å². The van der Waals surface area contributed by atoms with Crippen molar-refractivity contribution in [1.29, 1.82) is 0 Å². The van der Waals surface area contributed by atoms with E-state index in [1.165, 1.54) is 24.8 Å². The third kappa shape index (κ3) is 3.10. The van der Waals surface area contributed by atoms with Gasteiger partial charge in [0.15, 0.2) is 5.69 Å². The highest BCUT2D eigenvalue weighted by Crippen LogP contribution is 2.07. The summed E-state index contributed by atoms with van der Waals surface area (Å²) in [5.74, 6) is -1.78. The molecule has 104 valence electrons. The van der Waals surface area contributed by atoms with Crippen molar-refractivity contribution in [3.8, 4) is 0 Å². The molecule has 20 heavy (non-hydrogen) atoms. The number of rotatable bonds is 5. The molecule has 1 atom stereocenters. The fraction of sp³-hybridized carbons (Fsp3) is 0.167. The number of carboxylic acids is 1. The predicted molar refractivity (Wildman–Crippen MR) is 69.8 cm³/mol. The number of carbonyl (C=O) groups is 2. The number of aromatic nitrogens is 3.